The van der Waals surface area contributed by atoms with Crippen molar-refractivity contribution in [3.05, 3.63) is 11.8 Å². The molecule has 1 saturated carbocycles. The van der Waals surface area contributed by atoms with Crippen LogP contribution in [0.2, 0.25) is 0 Å². The molecule has 0 spiro atoms. The van der Waals surface area contributed by atoms with Crippen LogP contribution in [0.25, 0.3) is 0 Å². The predicted octanol–water partition coefficient (Wildman–Crippen LogP) is 1.31. The van der Waals surface area contributed by atoms with Crippen LogP contribution in [0.15, 0.2) is 11.8 Å². The van der Waals surface area contributed by atoms with Crippen molar-refractivity contribution < 1.29 is 0 Å². The minimum atomic E-state index is 0.144. The van der Waals surface area contributed by atoms with E-state index in [2.05, 4.69) is 5.32 Å². The molecule has 0 heterocycles. The Kier molecular flexibility index (Phi) is 3.17. The molecule has 0 saturated heterocycles. The van der Waals surface area contributed by atoms with Gasteiger partial charge in [-0.1, -0.05) is 12.8 Å². The van der Waals surface area contributed by atoms with Crippen LogP contribution in [0.5, 0.6) is 0 Å². The van der Waals surface area contributed by atoms with Gasteiger partial charge in [0, 0.05) is 12.7 Å². The maximum atomic E-state index is 8.37. The molecular weight excluding hydrogens is 150 g/mol. The normalized spacial score (nSPS) is 14.2. The van der Waals surface area contributed by atoms with Crippen molar-refractivity contribution in [3.8, 4) is 12.1 Å². The zero-order chi connectivity index (χ0) is 8.81. The van der Waals surface area contributed by atoms with E-state index in [9.17, 15) is 0 Å². The second-order valence-electron chi connectivity index (χ2n) is 2.97. The van der Waals surface area contributed by atoms with Gasteiger partial charge in [0.05, 0.1) is 0 Å². The Morgan fingerprint density at radius 3 is 2.58 bits per heavy atom. The van der Waals surface area contributed by atoms with E-state index >= 15 is 0 Å². The fraction of sp³-hybridized carbons (Fsp3) is 0.556. The second kappa shape index (κ2) is 4.41. The molecule has 0 unspecified atom stereocenters. The molecule has 1 rings (SSSR count). The highest BCUT2D eigenvalue weighted by molar-refractivity contribution is 5.34. The molecule has 0 atom stereocenters. The van der Waals surface area contributed by atoms with Crippen LogP contribution in [0.3, 0.4) is 0 Å². The number of nitrogens with zero attached hydrogens (tertiary/aromatic N) is 2. The smallest absolute Gasteiger partial charge is 0.145 e. The highest BCUT2D eigenvalue weighted by Gasteiger charge is 2.19. The molecule has 3 heteroatoms. The lowest BCUT2D eigenvalue weighted by molar-refractivity contribution is 0.684. The third kappa shape index (κ3) is 3.07. The standard InChI is InChI=1S/C9H11N3/c10-5-9(6-11)7-12-4-3-8-1-2-8/h7-8,12H,1-4H2. The summed E-state index contributed by atoms with van der Waals surface area (Å²) in [7, 11) is 0. The Bertz CT molecular complexity index is 234. The molecule has 0 amide bonds. The quantitative estimate of drug-likeness (QED) is 0.499. The Balaban J connectivity index is 2.10. The molecule has 3 nitrogen and oxygen atoms in total. The average molecular weight is 161 g/mol. The van der Waals surface area contributed by atoms with Crippen LogP contribution in [-0.4, -0.2) is 6.54 Å². The number of hydrogen-bond donors (Lipinski definition) is 1. The number of allylic oxidation sites excluding steroid dienone is 1. The lowest BCUT2D eigenvalue weighted by Crippen LogP contribution is -2.08. The van der Waals surface area contributed by atoms with Crippen molar-refractivity contribution in [2.45, 2.75) is 19.3 Å². The predicted molar refractivity (Wildman–Crippen MR) is 44.7 cm³/mol. The summed E-state index contributed by atoms with van der Waals surface area (Å²) in [5.74, 6) is 0.888. The summed E-state index contributed by atoms with van der Waals surface area (Å²) in [5, 5.41) is 19.7. The van der Waals surface area contributed by atoms with Crippen LogP contribution >= 0.6 is 0 Å². The Morgan fingerprint density at radius 1 is 1.42 bits per heavy atom. The number of hydrogen-bond acceptors (Lipinski definition) is 3. The molecule has 62 valence electrons. The largest absolute Gasteiger partial charge is 0.389 e. The zero-order valence-electron chi connectivity index (χ0n) is 6.88. The number of nitriles is 2. The first kappa shape index (κ1) is 8.62. The summed E-state index contributed by atoms with van der Waals surface area (Å²) in [6, 6.07) is 3.59. The number of nitrogens with one attached hydrogen (secondary N) is 1. The van der Waals surface area contributed by atoms with Crippen molar-refractivity contribution in [3.63, 3.8) is 0 Å². The van der Waals surface area contributed by atoms with Crippen LogP contribution in [0, 0.1) is 28.6 Å². The fourth-order valence-electron chi connectivity index (χ4n) is 0.958. The maximum absolute atomic E-state index is 8.37. The van der Waals surface area contributed by atoms with E-state index in [-0.39, 0.29) is 5.57 Å². The highest BCUT2D eigenvalue weighted by Crippen LogP contribution is 2.31. The van der Waals surface area contributed by atoms with Crippen LogP contribution < -0.4 is 5.32 Å². The van der Waals surface area contributed by atoms with Crippen molar-refractivity contribution in [2.75, 3.05) is 6.54 Å². The van der Waals surface area contributed by atoms with Gasteiger partial charge in [-0.25, -0.2) is 0 Å². The van der Waals surface area contributed by atoms with Gasteiger partial charge in [0.1, 0.15) is 17.7 Å². The summed E-state index contributed by atoms with van der Waals surface area (Å²) >= 11 is 0. The van der Waals surface area contributed by atoms with Gasteiger partial charge in [0.2, 0.25) is 0 Å². The van der Waals surface area contributed by atoms with Gasteiger partial charge in [0.25, 0.3) is 0 Å². The SMILES string of the molecule is N#CC(C#N)=CNCCC1CC1. The summed E-state index contributed by atoms with van der Waals surface area (Å²) in [4.78, 5) is 0. The first-order valence-corrected chi connectivity index (χ1v) is 4.10. The molecule has 0 aromatic carbocycles. The summed E-state index contributed by atoms with van der Waals surface area (Å²) in [6.45, 7) is 0.873. The summed E-state index contributed by atoms with van der Waals surface area (Å²) < 4.78 is 0. The average Bonchev–Trinajstić information content (AvgIpc) is 2.89. The van der Waals surface area contributed by atoms with Gasteiger partial charge in [-0.3, -0.25) is 0 Å². The highest BCUT2D eigenvalue weighted by atomic mass is 14.8. The third-order valence-electron chi connectivity index (χ3n) is 1.88. The maximum Gasteiger partial charge on any atom is 0.145 e. The topological polar surface area (TPSA) is 59.6 Å². The van der Waals surface area contributed by atoms with Gasteiger partial charge in [0.15, 0.2) is 0 Å². The van der Waals surface area contributed by atoms with E-state index in [0.29, 0.717) is 0 Å². The summed E-state index contributed by atoms with van der Waals surface area (Å²) in [6.07, 6.45) is 5.33. The van der Waals surface area contributed by atoms with Gasteiger partial charge in [-0.15, -0.1) is 0 Å². The Morgan fingerprint density at radius 2 is 2.08 bits per heavy atom. The zero-order valence-corrected chi connectivity index (χ0v) is 6.88. The first-order chi connectivity index (χ1) is 5.86. The Labute approximate surface area is 72.3 Å². The minimum Gasteiger partial charge on any atom is -0.389 e. The van der Waals surface area contributed by atoms with E-state index < -0.39 is 0 Å². The lowest BCUT2D eigenvalue weighted by atomic mass is 10.3. The molecule has 0 radical (unpaired) electrons. The molecule has 1 N–H and O–H groups in total. The van der Waals surface area contributed by atoms with E-state index in [1.807, 2.05) is 0 Å². The van der Waals surface area contributed by atoms with E-state index in [1.54, 1.807) is 12.1 Å². The van der Waals surface area contributed by atoms with E-state index in [1.165, 1.54) is 19.0 Å². The van der Waals surface area contributed by atoms with Crippen molar-refractivity contribution in [1.82, 2.24) is 5.32 Å². The molecule has 0 aromatic rings. The first-order valence-electron chi connectivity index (χ1n) is 4.10. The van der Waals surface area contributed by atoms with E-state index in [0.717, 1.165) is 18.9 Å². The van der Waals surface area contributed by atoms with Crippen LogP contribution in [0.4, 0.5) is 0 Å². The minimum absolute atomic E-state index is 0.144. The van der Waals surface area contributed by atoms with Gasteiger partial charge < -0.3 is 5.32 Å². The lowest BCUT2D eigenvalue weighted by Gasteiger charge is -1.96. The summed E-state index contributed by atoms with van der Waals surface area (Å²) in [5.41, 5.74) is 0.144. The van der Waals surface area contributed by atoms with Gasteiger partial charge >= 0.3 is 0 Å². The molecular formula is C9H11N3. The number of rotatable bonds is 4. The Hall–Kier alpha value is -1.48. The van der Waals surface area contributed by atoms with E-state index in [4.69, 9.17) is 10.5 Å². The molecule has 1 aliphatic carbocycles. The van der Waals surface area contributed by atoms with Crippen LogP contribution in [-0.2, 0) is 0 Å². The third-order valence-corrected chi connectivity index (χ3v) is 1.88. The van der Waals surface area contributed by atoms with Gasteiger partial charge in [-0.05, 0) is 12.3 Å². The van der Waals surface area contributed by atoms with Crippen molar-refractivity contribution in [2.24, 2.45) is 5.92 Å². The fourth-order valence-corrected chi connectivity index (χ4v) is 0.958. The molecule has 0 aliphatic heterocycles. The van der Waals surface area contributed by atoms with Crippen LogP contribution in [0.1, 0.15) is 19.3 Å². The van der Waals surface area contributed by atoms with Crippen molar-refractivity contribution in [1.29, 1.82) is 10.5 Å². The molecule has 1 aliphatic rings. The monoisotopic (exact) mass is 161 g/mol. The molecule has 0 bridgehead atoms. The molecule has 12 heavy (non-hydrogen) atoms. The molecule has 1 fully saturated rings. The van der Waals surface area contributed by atoms with Gasteiger partial charge in [-0.2, -0.15) is 10.5 Å². The second-order valence-corrected chi connectivity index (χ2v) is 2.97. The molecule has 0 aromatic heterocycles. The van der Waals surface area contributed by atoms with Crippen molar-refractivity contribution >= 4 is 0 Å².